The summed E-state index contributed by atoms with van der Waals surface area (Å²) in [6.07, 6.45) is 0.274. The van der Waals surface area contributed by atoms with E-state index in [2.05, 4.69) is 82.7 Å². The minimum Gasteiger partial charge on any atom is -0.359 e. The van der Waals surface area contributed by atoms with Crippen molar-refractivity contribution in [2.45, 2.75) is 12.2 Å². The van der Waals surface area contributed by atoms with Crippen LogP contribution in [0.4, 0.5) is 0 Å². The third-order valence-electron chi connectivity index (χ3n) is 4.04. The van der Waals surface area contributed by atoms with Crippen molar-refractivity contribution in [2.24, 2.45) is 0 Å². The Labute approximate surface area is 138 Å². The van der Waals surface area contributed by atoms with Gasteiger partial charge in [-0.05, 0) is 22.8 Å². The lowest BCUT2D eigenvalue weighted by Gasteiger charge is -2.10. The number of halogens is 1. The van der Waals surface area contributed by atoms with Crippen molar-refractivity contribution < 1.29 is 4.74 Å². The van der Waals surface area contributed by atoms with Gasteiger partial charge in [0.1, 0.15) is 12.2 Å². The summed E-state index contributed by atoms with van der Waals surface area (Å²) in [7, 11) is 0. The van der Waals surface area contributed by atoms with E-state index in [4.69, 9.17) is 4.74 Å². The molecular weight excluding hydrogens is 336 g/mol. The highest BCUT2D eigenvalue weighted by molar-refractivity contribution is 9.10. The maximum absolute atomic E-state index is 6.00. The van der Waals surface area contributed by atoms with Crippen molar-refractivity contribution in [3.05, 3.63) is 94.5 Å². The number of hydrogen-bond acceptors (Lipinski definition) is 1. The minimum absolute atomic E-state index is 0.119. The Kier molecular flexibility index (Phi) is 3.57. The monoisotopic (exact) mass is 350 g/mol. The van der Waals surface area contributed by atoms with Gasteiger partial charge in [-0.15, -0.1) is 0 Å². The second kappa shape index (κ2) is 5.71. The molecule has 0 aliphatic carbocycles. The maximum Gasteiger partial charge on any atom is 0.116 e. The molecule has 1 saturated heterocycles. The van der Waals surface area contributed by atoms with E-state index in [1.165, 1.54) is 22.3 Å². The first kappa shape index (κ1) is 13.7. The molecule has 0 aromatic heterocycles. The first-order valence-electron chi connectivity index (χ1n) is 7.39. The number of rotatable bonds is 3. The van der Waals surface area contributed by atoms with Crippen molar-refractivity contribution in [3.63, 3.8) is 0 Å². The second-order valence-electron chi connectivity index (χ2n) is 5.46. The summed E-state index contributed by atoms with van der Waals surface area (Å²) in [5, 5.41) is 0. The van der Waals surface area contributed by atoms with E-state index >= 15 is 0 Å². The van der Waals surface area contributed by atoms with Gasteiger partial charge < -0.3 is 4.74 Å². The molecule has 3 aromatic carbocycles. The van der Waals surface area contributed by atoms with Crippen LogP contribution in [0.15, 0.2) is 83.3 Å². The Morgan fingerprint density at radius 1 is 0.682 bits per heavy atom. The summed E-state index contributed by atoms with van der Waals surface area (Å²) in [5.41, 5.74) is 4.93. The zero-order chi connectivity index (χ0) is 14.9. The lowest BCUT2D eigenvalue weighted by Crippen LogP contribution is -1.91. The first-order chi connectivity index (χ1) is 10.8. The predicted molar refractivity (Wildman–Crippen MR) is 92.6 cm³/mol. The van der Waals surface area contributed by atoms with E-state index < -0.39 is 0 Å². The first-order valence-corrected chi connectivity index (χ1v) is 8.18. The molecule has 0 spiro atoms. The van der Waals surface area contributed by atoms with Crippen molar-refractivity contribution in [3.8, 4) is 11.1 Å². The number of epoxide rings is 1. The van der Waals surface area contributed by atoms with E-state index in [0.29, 0.717) is 0 Å². The molecule has 2 heteroatoms. The molecule has 22 heavy (non-hydrogen) atoms. The highest BCUT2D eigenvalue weighted by Crippen LogP contribution is 2.54. The molecular formula is C20H15BrO. The van der Waals surface area contributed by atoms with Gasteiger partial charge in [0.2, 0.25) is 0 Å². The van der Waals surface area contributed by atoms with Gasteiger partial charge in [-0.25, -0.2) is 0 Å². The Bertz CT molecular complexity index is 783. The van der Waals surface area contributed by atoms with Crippen LogP contribution < -0.4 is 0 Å². The van der Waals surface area contributed by atoms with Crippen LogP contribution in [0.3, 0.4) is 0 Å². The van der Waals surface area contributed by atoms with Crippen LogP contribution in [0, 0.1) is 0 Å². The zero-order valence-corrected chi connectivity index (χ0v) is 13.5. The van der Waals surface area contributed by atoms with Gasteiger partial charge >= 0.3 is 0 Å². The molecule has 1 aliphatic heterocycles. The normalized spacial score (nSPS) is 19.9. The summed E-state index contributed by atoms with van der Waals surface area (Å²) >= 11 is 3.71. The van der Waals surface area contributed by atoms with E-state index in [9.17, 15) is 0 Å². The number of benzene rings is 3. The maximum atomic E-state index is 6.00. The molecule has 0 bridgehead atoms. The van der Waals surface area contributed by atoms with Gasteiger partial charge in [-0.1, -0.05) is 88.7 Å². The van der Waals surface area contributed by atoms with Gasteiger partial charge in [0.25, 0.3) is 0 Å². The molecule has 0 amide bonds. The SMILES string of the molecule is Brc1cccc(-c2ccccc2)c1C1OC1c1ccccc1. The summed E-state index contributed by atoms with van der Waals surface area (Å²) in [6.45, 7) is 0. The Morgan fingerprint density at radius 3 is 2.09 bits per heavy atom. The number of ether oxygens (including phenoxy) is 1. The fourth-order valence-electron chi connectivity index (χ4n) is 2.92. The van der Waals surface area contributed by atoms with E-state index in [-0.39, 0.29) is 12.2 Å². The third-order valence-corrected chi connectivity index (χ3v) is 4.73. The molecule has 2 unspecified atom stereocenters. The molecule has 0 radical (unpaired) electrons. The lowest BCUT2D eigenvalue weighted by molar-refractivity contribution is 0.377. The van der Waals surface area contributed by atoms with Crippen molar-refractivity contribution in [1.82, 2.24) is 0 Å². The van der Waals surface area contributed by atoms with Gasteiger partial charge in [-0.3, -0.25) is 0 Å². The van der Waals surface area contributed by atoms with Crippen LogP contribution in [0.1, 0.15) is 23.3 Å². The Hall–Kier alpha value is -1.90. The third kappa shape index (κ3) is 2.49. The molecule has 1 fully saturated rings. The zero-order valence-electron chi connectivity index (χ0n) is 11.9. The van der Waals surface area contributed by atoms with E-state index in [0.717, 1.165) is 4.47 Å². The van der Waals surface area contributed by atoms with Crippen LogP contribution in [-0.2, 0) is 4.74 Å². The fraction of sp³-hybridized carbons (Fsp3) is 0.100. The fourth-order valence-corrected chi connectivity index (χ4v) is 3.52. The number of hydrogen-bond donors (Lipinski definition) is 0. The summed E-state index contributed by atoms with van der Waals surface area (Å²) < 4.78 is 7.11. The molecule has 1 nitrogen and oxygen atoms in total. The van der Waals surface area contributed by atoms with Crippen LogP contribution in [-0.4, -0.2) is 0 Å². The molecule has 1 heterocycles. The smallest absolute Gasteiger partial charge is 0.116 e. The second-order valence-corrected chi connectivity index (χ2v) is 6.31. The molecule has 2 atom stereocenters. The summed E-state index contributed by atoms with van der Waals surface area (Å²) in [5.74, 6) is 0. The molecule has 0 saturated carbocycles. The summed E-state index contributed by atoms with van der Waals surface area (Å²) in [4.78, 5) is 0. The van der Waals surface area contributed by atoms with Gasteiger partial charge in [0.05, 0.1) is 0 Å². The highest BCUT2D eigenvalue weighted by atomic mass is 79.9. The topological polar surface area (TPSA) is 12.5 Å². The van der Waals surface area contributed by atoms with Crippen LogP contribution in [0.25, 0.3) is 11.1 Å². The average molecular weight is 351 g/mol. The van der Waals surface area contributed by atoms with Crippen LogP contribution in [0.5, 0.6) is 0 Å². The van der Waals surface area contributed by atoms with Crippen molar-refractivity contribution in [1.29, 1.82) is 0 Å². The Morgan fingerprint density at radius 2 is 1.36 bits per heavy atom. The van der Waals surface area contributed by atoms with Gasteiger partial charge in [0, 0.05) is 10.0 Å². The standard InChI is InChI=1S/C20H15BrO/c21-17-13-7-12-16(14-8-3-1-4-9-14)18(17)20-19(22-20)15-10-5-2-6-11-15/h1-13,19-20H. The quantitative estimate of drug-likeness (QED) is 0.533. The molecule has 3 aromatic rings. The molecule has 0 N–H and O–H groups in total. The van der Waals surface area contributed by atoms with E-state index in [1.807, 2.05) is 12.1 Å². The predicted octanol–water partition coefficient (Wildman–Crippen LogP) is 5.93. The average Bonchev–Trinajstić information content (AvgIpc) is 3.36. The molecule has 1 aliphatic rings. The van der Waals surface area contributed by atoms with Crippen LogP contribution >= 0.6 is 15.9 Å². The largest absolute Gasteiger partial charge is 0.359 e. The van der Waals surface area contributed by atoms with Gasteiger partial charge in [0.15, 0.2) is 0 Å². The Balaban J connectivity index is 1.74. The van der Waals surface area contributed by atoms with Crippen molar-refractivity contribution >= 4 is 15.9 Å². The van der Waals surface area contributed by atoms with E-state index in [1.54, 1.807) is 0 Å². The minimum atomic E-state index is 0.119. The summed E-state index contributed by atoms with van der Waals surface area (Å²) in [6, 6.07) is 27.2. The lowest BCUT2D eigenvalue weighted by atomic mass is 9.95. The molecule has 4 rings (SSSR count). The molecule has 108 valence electrons. The van der Waals surface area contributed by atoms with Gasteiger partial charge in [-0.2, -0.15) is 0 Å². The van der Waals surface area contributed by atoms with Crippen LogP contribution in [0.2, 0.25) is 0 Å². The van der Waals surface area contributed by atoms with Crippen molar-refractivity contribution in [2.75, 3.05) is 0 Å². The highest BCUT2D eigenvalue weighted by Gasteiger charge is 2.43.